The first kappa shape index (κ1) is 13.8. The third-order valence-corrected chi connectivity index (χ3v) is 4.72. The quantitative estimate of drug-likeness (QED) is 0.565. The number of benzene rings is 1. The van der Waals surface area contributed by atoms with Gasteiger partial charge in [-0.05, 0) is 31.2 Å². The fourth-order valence-electron chi connectivity index (χ4n) is 2.45. The zero-order valence-electron chi connectivity index (χ0n) is 12.4. The van der Waals surface area contributed by atoms with Gasteiger partial charge in [-0.25, -0.2) is 0 Å². The van der Waals surface area contributed by atoms with E-state index < -0.39 is 0 Å². The molecule has 0 aliphatic carbocycles. The number of nitrogens with zero attached hydrogens (tertiary/aromatic N) is 3. The van der Waals surface area contributed by atoms with Crippen LogP contribution in [-0.2, 0) is 0 Å². The third kappa shape index (κ3) is 2.45. The molecule has 23 heavy (non-hydrogen) atoms. The summed E-state index contributed by atoms with van der Waals surface area (Å²) in [5.41, 5.74) is 3.58. The molecular formula is C18H13N3OS. The molecule has 3 aromatic heterocycles. The lowest BCUT2D eigenvalue weighted by atomic mass is 10.2. The highest BCUT2D eigenvalue weighted by atomic mass is 32.1. The van der Waals surface area contributed by atoms with Crippen molar-refractivity contribution >= 4 is 16.9 Å². The molecule has 1 aromatic carbocycles. The maximum Gasteiger partial charge on any atom is 0.265 e. The monoisotopic (exact) mass is 319 g/mol. The molecule has 0 bridgehead atoms. The highest BCUT2D eigenvalue weighted by molar-refractivity contribution is 7.17. The maximum absolute atomic E-state index is 12.6. The SMILES string of the molecule is Cc1ccc(-c2nnc(-c3ccc4ccccn4c3=O)s2)cc1. The molecule has 4 nitrogen and oxygen atoms in total. The second-order valence-electron chi connectivity index (χ2n) is 5.33. The van der Waals surface area contributed by atoms with Crippen LogP contribution in [0.25, 0.3) is 26.7 Å². The van der Waals surface area contributed by atoms with Gasteiger partial charge in [0.15, 0.2) is 5.01 Å². The third-order valence-electron chi connectivity index (χ3n) is 3.72. The van der Waals surface area contributed by atoms with E-state index in [1.54, 1.807) is 10.6 Å². The van der Waals surface area contributed by atoms with Crippen LogP contribution < -0.4 is 5.56 Å². The van der Waals surface area contributed by atoms with Gasteiger partial charge in [-0.3, -0.25) is 9.20 Å². The van der Waals surface area contributed by atoms with Crippen molar-refractivity contribution in [2.75, 3.05) is 0 Å². The molecule has 112 valence electrons. The number of hydrogen-bond donors (Lipinski definition) is 0. The Kier molecular flexibility index (Phi) is 3.28. The summed E-state index contributed by atoms with van der Waals surface area (Å²) in [5, 5.41) is 9.90. The van der Waals surface area contributed by atoms with Gasteiger partial charge >= 0.3 is 0 Å². The van der Waals surface area contributed by atoms with E-state index in [4.69, 9.17) is 0 Å². The summed E-state index contributed by atoms with van der Waals surface area (Å²) < 4.78 is 1.63. The highest BCUT2D eigenvalue weighted by Crippen LogP contribution is 2.28. The van der Waals surface area contributed by atoms with Gasteiger partial charge in [0.1, 0.15) is 5.01 Å². The minimum Gasteiger partial charge on any atom is -0.284 e. The van der Waals surface area contributed by atoms with Gasteiger partial charge < -0.3 is 0 Å². The van der Waals surface area contributed by atoms with E-state index in [0.29, 0.717) is 10.6 Å². The van der Waals surface area contributed by atoms with Crippen LogP contribution in [0.1, 0.15) is 5.56 Å². The standard InChI is InChI=1S/C18H13N3OS/c1-12-5-7-13(8-6-12)16-19-20-17(23-16)15-10-9-14-4-2-3-11-21(14)18(15)22/h2-11H,1H3. The van der Waals surface area contributed by atoms with Crippen LogP contribution in [0.4, 0.5) is 0 Å². The minimum atomic E-state index is -0.0743. The van der Waals surface area contributed by atoms with E-state index in [1.807, 2.05) is 61.5 Å². The van der Waals surface area contributed by atoms with E-state index in [0.717, 1.165) is 16.1 Å². The van der Waals surface area contributed by atoms with E-state index in [-0.39, 0.29) is 5.56 Å². The molecule has 5 heteroatoms. The van der Waals surface area contributed by atoms with Crippen molar-refractivity contribution in [1.82, 2.24) is 14.6 Å². The Morgan fingerprint density at radius 1 is 0.913 bits per heavy atom. The van der Waals surface area contributed by atoms with Crippen molar-refractivity contribution in [1.29, 1.82) is 0 Å². The van der Waals surface area contributed by atoms with Crippen LogP contribution in [0.3, 0.4) is 0 Å². The Bertz CT molecular complexity index is 1050. The minimum absolute atomic E-state index is 0.0743. The molecule has 3 heterocycles. The summed E-state index contributed by atoms with van der Waals surface area (Å²) in [7, 11) is 0. The van der Waals surface area contributed by atoms with E-state index in [1.165, 1.54) is 16.9 Å². The molecular weight excluding hydrogens is 306 g/mol. The molecule has 0 radical (unpaired) electrons. The van der Waals surface area contributed by atoms with Crippen LogP contribution in [0.2, 0.25) is 0 Å². The maximum atomic E-state index is 12.6. The van der Waals surface area contributed by atoms with Gasteiger partial charge in [0.05, 0.1) is 5.56 Å². The summed E-state index contributed by atoms with van der Waals surface area (Å²) in [6, 6.07) is 17.5. The fourth-order valence-corrected chi connectivity index (χ4v) is 3.32. The molecule has 4 rings (SSSR count). The van der Waals surface area contributed by atoms with Crippen LogP contribution >= 0.6 is 11.3 Å². The summed E-state index contributed by atoms with van der Waals surface area (Å²) in [4.78, 5) is 12.6. The first-order valence-electron chi connectivity index (χ1n) is 7.24. The van der Waals surface area contributed by atoms with Crippen molar-refractivity contribution < 1.29 is 0 Å². The Morgan fingerprint density at radius 2 is 1.70 bits per heavy atom. The second-order valence-corrected chi connectivity index (χ2v) is 6.30. The normalized spacial score (nSPS) is 11.0. The molecule has 0 N–H and O–H groups in total. The zero-order chi connectivity index (χ0) is 15.8. The summed E-state index contributed by atoms with van der Waals surface area (Å²) >= 11 is 1.43. The highest BCUT2D eigenvalue weighted by Gasteiger charge is 2.12. The average Bonchev–Trinajstić information content (AvgIpc) is 3.06. The van der Waals surface area contributed by atoms with Crippen LogP contribution in [0, 0.1) is 6.92 Å². The number of rotatable bonds is 2. The first-order chi connectivity index (χ1) is 11.2. The predicted molar refractivity (Wildman–Crippen MR) is 92.7 cm³/mol. The summed E-state index contributed by atoms with van der Waals surface area (Å²) in [6.07, 6.45) is 1.77. The van der Waals surface area contributed by atoms with Crippen molar-refractivity contribution in [3.63, 3.8) is 0 Å². The number of fused-ring (bicyclic) bond motifs is 1. The van der Waals surface area contributed by atoms with E-state index in [2.05, 4.69) is 10.2 Å². The molecule has 0 fully saturated rings. The number of pyridine rings is 2. The Balaban J connectivity index is 1.82. The second kappa shape index (κ2) is 5.44. The lowest BCUT2D eigenvalue weighted by molar-refractivity contribution is 1.07. The van der Waals surface area contributed by atoms with Gasteiger partial charge in [-0.2, -0.15) is 0 Å². The van der Waals surface area contributed by atoms with Gasteiger partial charge in [0.25, 0.3) is 5.56 Å². The van der Waals surface area contributed by atoms with E-state index in [9.17, 15) is 4.79 Å². The Morgan fingerprint density at radius 3 is 2.52 bits per heavy atom. The lowest BCUT2D eigenvalue weighted by Crippen LogP contribution is -2.14. The van der Waals surface area contributed by atoms with Gasteiger partial charge in [0, 0.05) is 17.3 Å². The van der Waals surface area contributed by atoms with E-state index >= 15 is 0 Å². The molecule has 0 saturated heterocycles. The largest absolute Gasteiger partial charge is 0.284 e. The average molecular weight is 319 g/mol. The Labute approximate surface area is 136 Å². The zero-order valence-corrected chi connectivity index (χ0v) is 13.2. The van der Waals surface area contributed by atoms with Crippen LogP contribution in [-0.4, -0.2) is 14.6 Å². The molecule has 0 aliphatic rings. The fraction of sp³-hybridized carbons (Fsp3) is 0.0556. The number of aromatic nitrogens is 3. The van der Waals surface area contributed by atoms with Gasteiger partial charge in [-0.15, -0.1) is 10.2 Å². The van der Waals surface area contributed by atoms with Crippen molar-refractivity contribution in [2.24, 2.45) is 0 Å². The van der Waals surface area contributed by atoms with Crippen molar-refractivity contribution in [2.45, 2.75) is 6.92 Å². The lowest BCUT2D eigenvalue weighted by Gasteiger charge is -2.01. The topological polar surface area (TPSA) is 47.3 Å². The van der Waals surface area contributed by atoms with Crippen molar-refractivity contribution in [3.05, 3.63) is 76.7 Å². The van der Waals surface area contributed by atoms with Crippen molar-refractivity contribution in [3.8, 4) is 21.1 Å². The first-order valence-corrected chi connectivity index (χ1v) is 8.05. The number of aryl methyl sites for hydroxylation is 1. The van der Waals surface area contributed by atoms with Crippen LogP contribution in [0.5, 0.6) is 0 Å². The summed E-state index contributed by atoms with van der Waals surface area (Å²) in [5.74, 6) is 0. The molecule has 0 unspecified atom stereocenters. The predicted octanol–water partition coefficient (Wildman–Crippen LogP) is 3.79. The van der Waals surface area contributed by atoms with Crippen LogP contribution in [0.15, 0.2) is 65.6 Å². The smallest absolute Gasteiger partial charge is 0.265 e. The number of hydrogen-bond acceptors (Lipinski definition) is 4. The summed E-state index contributed by atoms with van der Waals surface area (Å²) in [6.45, 7) is 2.05. The molecule has 4 aromatic rings. The molecule has 0 saturated carbocycles. The molecule has 0 atom stereocenters. The molecule has 0 aliphatic heterocycles. The Hall–Kier alpha value is -2.79. The van der Waals surface area contributed by atoms with Gasteiger partial charge in [0.2, 0.25) is 0 Å². The van der Waals surface area contributed by atoms with Gasteiger partial charge in [-0.1, -0.05) is 47.2 Å². The molecule has 0 spiro atoms. The molecule has 0 amide bonds.